The predicted octanol–water partition coefficient (Wildman–Crippen LogP) is 2.57. The lowest BCUT2D eigenvalue weighted by atomic mass is 9.85. The Morgan fingerprint density at radius 2 is 1.67 bits per heavy atom. The molecule has 0 saturated carbocycles. The minimum atomic E-state index is -0.345. The molecule has 108 valence electrons. The average Bonchev–Trinajstić information content (AvgIpc) is 2.51. The molecule has 1 aliphatic rings. The summed E-state index contributed by atoms with van der Waals surface area (Å²) in [5, 5.41) is 0. The molecule has 1 aromatic rings. The fourth-order valence-electron chi connectivity index (χ4n) is 2.21. The molecule has 4 nitrogen and oxygen atoms in total. The van der Waals surface area contributed by atoms with Gasteiger partial charge in [0, 0.05) is 17.6 Å². The van der Waals surface area contributed by atoms with Gasteiger partial charge in [-0.25, -0.2) is 0 Å². The monoisotopic (exact) mass is 284 g/mol. The van der Waals surface area contributed by atoms with Gasteiger partial charge in [-0.15, -0.1) is 6.58 Å². The fraction of sp³-hybridized carbons (Fsp3) is 0.176. The Morgan fingerprint density at radius 3 is 2.19 bits per heavy atom. The van der Waals surface area contributed by atoms with Crippen molar-refractivity contribution < 1.29 is 19.1 Å². The van der Waals surface area contributed by atoms with Crippen LogP contribution in [-0.2, 0) is 14.3 Å². The quantitative estimate of drug-likeness (QED) is 0.616. The van der Waals surface area contributed by atoms with Crippen LogP contribution in [0.1, 0.15) is 11.5 Å². The Morgan fingerprint density at radius 1 is 1.00 bits per heavy atom. The van der Waals surface area contributed by atoms with E-state index in [-0.39, 0.29) is 23.2 Å². The summed E-state index contributed by atoms with van der Waals surface area (Å²) >= 11 is 0. The summed E-state index contributed by atoms with van der Waals surface area (Å²) < 4.78 is 9.98. The Kier molecular flexibility index (Phi) is 4.38. The lowest BCUT2D eigenvalue weighted by Crippen LogP contribution is -2.18. The van der Waals surface area contributed by atoms with Crippen molar-refractivity contribution in [1.82, 2.24) is 0 Å². The van der Waals surface area contributed by atoms with Crippen molar-refractivity contribution in [2.24, 2.45) is 0 Å². The predicted molar refractivity (Wildman–Crippen MR) is 79.1 cm³/mol. The molecule has 0 aromatic heterocycles. The first-order chi connectivity index (χ1) is 10.1. The van der Waals surface area contributed by atoms with Crippen molar-refractivity contribution in [2.75, 3.05) is 14.2 Å². The molecule has 0 radical (unpaired) electrons. The normalized spacial score (nSPS) is 15.9. The number of benzene rings is 1. The number of hydrogen-bond acceptors (Lipinski definition) is 4. The molecule has 0 fully saturated rings. The van der Waals surface area contributed by atoms with Crippen molar-refractivity contribution in [3.63, 3.8) is 0 Å². The maximum atomic E-state index is 12.2. The SMILES string of the molecule is C=CC(C1=CC(=O)C(OC)=CC1=O)c1ccc(OC)cc1. The van der Waals surface area contributed by atoms with Crippen LogP contribution in [0.3, 0.4) is 0 Å². The molecule has 0 heterocycles. The molecular formula is C17H16O4. The van der Waals surface area contributed by atoms with Crippen LogP contribution in [0.4, 0.5) is 0 Å². The summed E-state index contributed by atoms with van der Waals surface area (Å²) in [5.41, 5.74) is 1.26. The van der Waals surface area contributed by atoms with Crippen LogP contribution in [0.2, 0.25) is 0 Å². The van der Waals surface area contributed by atoms with Crippen LogP contribution in [0, 0.1) is 0 Å². The van der Waals surface area contributed by atoms with Gasteiger partial charge >= 0.3 is 0 Å². The minimum Gasteiger partial charge on any atom is -0.497 e. The summed E-state index contributed by atoms with van der Waals surface area (Å²) in [7, 11) is 2.95. The highest BCUT2D eigenvalue weighted by molar-refractivity contribution is 6.19. The maximum Gasteiger partial charge on any atom is 0.220 e. The maximum absolute atomic E-state index is 12.2. The van der Waals surface area contributed by atoms with E-state index in [2.05, 4.69) is 6.58 Å². The molecule has 1 aliphatic carbocycles. The van der Waals surface area contributed by atoms with Gasteiger partial charge in [0.05, 0.1) is 14.2 Å². The molecule has 0 amide bonds. The molecule has 1 unspecified atom stereocenters. The highest BCUT2D eigenvalue weighted by Gasteiger charge is 2.26. The number of ketones is 2. The number of carbonyl (C=O) groups excluding carboxylic acids is 2. The summed E-state index contributed by atoms with van der Waals surface area (Å²) in [6.07, 6.45) is 4.18. The Bertz CT molecular complexity index is 635. The van der Waals surface area contributed by atoms with Gasteiger partial charge in [0.2, 0.25) is 5.78 Å². The average molecular weight is 284 g/mol. The van der Waals surface area contributed by atoms with Gasteiger partial charge in [-0.2, -0.15) is 0 Å². The van der Waals surface area contributed by atoms with E-state index in [1.54, 1.807) is 25.3 Å². The fourth-order valence-corrected chi connectivity index (χ4v) is 2.21. The third-order valence-electron chi connectivity index (χ3n) is 3.34. The molecule has 1 atom stereocenters. The third kappa shape index (κ3) is 2.94. The molecule has 0 bridgehead atoms. The van der Waals surface area contributed by atoms with Crippen LogP contribution in [0.5, 0.6) is 5.75 Å². The molecule has 2 rings (SSSR count). The molecule has 0 N–H and O–H groups in total. The Balaban J connectivity index is 2.35. The van der Waals surface area contributed by atoms with Gasteiger partial charge in [-0.05, 0) is 23.8 Å². The van der Waals surface area contributed by atoms with E-state index in [1.807, 2.05) is 12.1 Å². The van der Waals surface area contributed by atoms with Crippen molar-refractivity contribution in [2.45, 2.75) is 5.92 Å². The first-order valence-electron chi connectivity index (χ1n) is 6.43. The van der Waals surface area contributed by atoms with Crippen LogP contribution >= 0.6 is 0 Å². The van der Waals surface area contributed by atoms with E-state index < -0.39 is 0 Å². The van der Waals surface area contributed by atoms with E-state index >= 15 is 0 Å². The van der Waals surface area contributed by atoms with Crippen LogP contribution in [0.15, 0.2) is 60.4 Å². The Hall–Kier alpha value is -2.62. The lowest BCUT2D eigenvalue weighted by Gasteiger charge is -2.18. The van der Waals surface area contributed by atoms with Gasteiger partial charge in [0.25, 0.3) is 0 Å². The number of methoxy groups -OCH3 is 2. The zero-order chi connectivity index (χ0) is 15.4. The molecule has 1 aromatic carbocycles. The summed E-state index contributed by atoms with van der Waals surface area (Å²) in [4.78, 5) is 24.0. The van der Waals surface area contributed by atoms with E-state index in [9.17, 15) is 9.59 Å². The molecule has 0 spiro atoms. The lowest BCUT2D eigenvalue weighted by molar-refractivity contribution is -0.117. The highest BCUT2D eigenvalue weighted by Crippen LogP contribution is 2.30. The van der Waals surface area contributed by atoms with Gasteiger partial charge in [-0.1, -0.05) is 18.2 Å². The van der Waals surface area contributed by atoms with Gasteiger partial charge in [0.15, 0.2) is 11.5 Å². The smallest absolute Gasteiger partial charge is 0.220 e. The molecule has 4 heteroatoms. The van der Waals surface area contributed by atoms with Crippen molar-refractivity contribution in [3.05, 3.63) is 66.0 Å². The van der Waals surface area contributed by atoms with Crippen LogP contribution in [-0.4, -0.2) is 25.8 Å². The zero-order valence-corrected chi connectivity index (χ0v) is 12.0. The standard InChI is InChI=1S/C17H16O4/c1-4-13(11-5-7-12(20-2)8-6-11)14-9-16(19)17(21-3)10-15(14)18/h4-10,13H,1H2,2-3H3. The largest absolute Gasteiger partial charge is 0.497 e. The number of carbonyl (C=O) groups is 2. The van der Waals surface area contributed by atoms with Crippen LogP contribution in [0.25, 0.3) is 0 Å². The summed E-state index contributed by atoms with van der Waals surface area (Å²) in [6.45, 7) is 3.77. The van der Waals surface area contributed by atoms with Crippen molar-refractivity contribution in [1.29, 1.82) is 0 Å². The summed E-state index contributed by atoms with van der Waals surface area (Å²) in [6, 6.07) is 7.30. The van der Waals surface area contributed by atoms with E-state index in [1.165, 1.54) is 19.3 Å². The molecule has 21 heavy (non-hydrogen) atoms. The van der Waals surface area contributed by atoms with Crippen molar-refractivity contribution in [3.8, 4) is 5.75 Å². The summed E-state index contributed by atoms with van der Waals surface area (Å²) in [5.74, 6) is -0.119. The number of rotatable bonds is 5. The second-order valence-corrected chi connectivity index (χ2v) is 4.53. The first kappa shape index (κ1) is 14.8. The third-order valence-corrected chi connectivity index (χ3v) is 3.34. The second-order valence-electron chi connectivity index (χ2n) is 4.53. The molecular weight excluding hydrogens is 268 g/mol. The minimum absolute atomic E-state index is 0.0568. The van der Waals surface area contributed by atoms with Gasteiger partial charge in [0.1, 0.15) is 5.75 Å². The zero-order valence-electron chi connectivity index (χ0n) is 12.0. The van der Waals surface area contributed by atoms with Crippen LogP contribution < -0.4 is 4.74 Å². The second kappa shape index (κ2) is 6.22. The first-order valence-corrected chi connectivity index (χ1v) is 6.43. The van der Waals surface area contributed by atoms with Gasteiger partial charge in [-0.3, -0.25) is 9.59 Å². The van der Waals surface area contributed by atoms with Gasteiger partial charge < -0.3 is 9.47 Å². The molecule has 0 saturated heterocycles. The number of ether oxygens (including phenoxy) is 2. The Labute approximate surface area is 123 Å². The van der Waals surface area contributed by atoms with E-state index in [0.29, 0.717) is 5.57 Å². The van der Waals surface area contributed by atoms with Crippen molar-refractivity contribution >= 4 is 11.6 Å². The number of hydrogen-bond donors (Lipinski definition) is 0. The molecule has 0 aliphatic heterocycles. The van der Waals surface area contributed by atoms with E-state index in [4.69, 9.17) is 9.47 Å². The van der Waals surface area contributed by atoms with E-state index in [0.717, 1.165) is 11.3 Å². The highest BCUT2D eigenvalue weighted by atomic mass is 16.5. The number of allylic oxidation sites excluding steroid dienone is 4. The topological polar surface area (TPSA) is 52.6 Å².